The number of alkyl halides is 5. The maximum atomic E-state index is 12.7. The zero-order chi connectivity index (χ0) is 21.3. The van der Waals surface area contributed by atoms with Gasteiger partial charge in [-0.05, 0) is 6.42 Å². The van der Waals surface area contributed by atoms with Gasteiger partial charge in [0.05, 0.1) is 0 Å². The topological polar surface area (TPSA) is 29.1 Å². The van der Waals surface area contributed by atoms with Crippen molar-refractivity contribution in [2.45, 2.75) is 122 Å². The van der Waals surface area contributed by atoms with Crippen molar-refractivity contribution in [3.8, 4) is 0 Å². The molecule has 0 spiro atoms. The van der Waals surface area contributed by atoms with Crippen molar-refractivity contribution in [3.05, 3.63) is 0 Å². The minimum absolute atomic E-state index is 0.150. The van der Waals surface area contributed by atoms with Crippen LogP contribution in [0.5, 0.6) is 0 Å². The van der Waals surface area contributed by atoms with Gasteiger partial charge < -0.3 is 5.32 Å². The van der Waals surface area contributed by atoms with Crippen molar-refractivity contribution in [1.82, 2.24) is 5.32 Å². The Kier molecular flexibility index (Phi) is 15.5. The summed E-state index contributed by atoms with van der Waals surface area (Å²) in [6.07, 6.45) is 12.7. The molecule has 0 aromatic heterocycles. The summed E-state index contributed by atoms with van der Waals surface area (Å²) in [5, 5.41) is 1.67. The third-order valence-electron chi connectivity index (χ3n) is 4.96. The summed E-state index contributed by atoms with van der Waals surface area (Å²) in [6.45, 7) is 2.08. The number of unbranched alkanes of at least 4 members (excludes halogenated alkanes) is 15. The monoisotopic (exact) mass is 415 g/mol. The molecule has 0 aromatic rings. The summed E-state index contributed by atoms with van der Waals surface area (Å²) >= 11 is 0. The van der Waals surface area contributed by atoms with Gasteiger partial charge in [-0.3, -0.25) is 4.79 Å². The predicted molar refractivity (Wildman–Crippen MR) is 104 cm³/mol. The van der Waals surface area contributed by atoms with Gasteiger partial charge in [0, 0.05) is 6.54 Å². The van der Waals surface area contributed by atoms with Gasteiger partial charge in [0.2, 0.25) is 0 Å². The lowest BCUT2D eigenvalue weighted by Crippen LogP contribution is -2.50. The molecule has 0 aliphatic carbocycles. The Morgan fingerprint density at radius 3 is 1.25 bits per heavy atom. The Bertz CT molecular complexity index is 385. The summed E-state index contributed by atoms with van der Waals surface area (Å²) < 4.78 is 61.4. The standard InChI is InChI=1S/C21H38F5NO/c1-2-3-4-5-6-7-8-9-10-11-12-13-14-15-16-17-18-27-19(28)20(22,23)21(24,25)26/h2-18H2,1H3,(H,27,28). The van der Waals surface area contributed by atoms with Crippen LogP contribution in [0.4, 0.5) is 22.0 Å². The van der Waals surface area contributed by atoms with Crippen LogP contribution < -0.4 is 5.32 Å². The fourth-order valence-electron chi connectivity index (χ4n) is 3.11. The summed E-state index contributed by atoms with van der Waals surface area (Å²) in [7, 11) is 0. The third-order valence-corrected chi connectivity index (χ3v) is 4.96. The van der Waals surface area contributed by atoms with E-state index in [4.69, 9.17) is 0 Å². The molecule has 0 aliphatic rings. The number of hydrogen-bond acceptors (Lipinski definition) is 1. The summed E-state index contributed by atoms with van der Waals surface area (Å²) in [5.74, 6) is -7.58. The Morgan fingerprint density at radius 2 is 0.929 bits per heavy atom. The molecular formula is C21H38F5NO. The van der Waals surface area contributed by atoms with Crippen LogP contribution >= 0.6 is 0 Å². The lowest BCUT2D eigenvalue weighted by atomic mass is 10.0. The van der Waals surface area contributed by atoms with E-state index in [1.54, 1.807) is 5.32 Å². The van der Waals surface area contributed by atoms with Gasteiger partial charge in [-0.2, -0.15) is 22.0 Å². The average Bonchev–Trinajstić information content (AvgIpc) is 2.63. The number of carbonyl (C=O) groups excluding carboxylic acids is 1. The zero-order valence-electron chi connectivity index (χ0n) is 17.3. The quantitative estimate of drug-likeness (QED) is 0.182. The van der Waals surface area contributed by atoms with Gasteiger partial charge in [-0.15, -0.1) is 0 Å². The van der Waals surface area contributed by atoms with Gasteiger partial charge in [0.25, 0.3) is 5.91 Å². The SMILES string of the molecule is CCCCCCCCCCCCCCCCCCNC(=O)C(F)(F)C(F)(F)F. The van der Waals surface area contributed by atoms with E-state index in [9.17, 15) is 26.7 Å². The van der Waals surface area contributed by atoms with Crippen LogP contribution in [0.2, 0.25) is 0 Å². The lowest BCUT2D eigenvalue weighted by Gasteiger charge is -2.18. The molecule has 0 atom stereocenters. The summed E-state index contributed by atoms with van der Waals surface area (Å²) in [6, 6.07) is 0. The van der Waals surface area contributed by atoms with Crippen LogP contribution in [0.15, 0.2) is 0 Å². The molecule has 1 amide bonds. The van der Waals surface area contributed by atoms with Crippen LogP contribution in [-0.2, 0) is 4.79 Å². The number of hydrogen-bond donors (Lipinski definition) is 1. The molecule has 0 saturated heterocycles. The van der Waals surface area contributed by atoms with Crippen molar-refractivity contribution < 1.29 is 26.7 Å². The lowest BCUT2D eigenvalue weighted by molar-refractivity contribution is -0.269. The van der Waals surface area contributed by atoms with Crippen molar-refractivity contribution in [2.24, 2.45) is 0 Å². The van der Waals surface area contributed by atoms with E-state index in [1.165, 1.54) is 70.6 Å². The van der Waals surface area contributed by atoms with Gasteiger partial charge >= 0.3 is 12.1 Å². The second-order valence-corrected chi connectivity index (χ2v) is 7.63. The van der Waals surface area contributed by atoms with Crippen molar-refractivity contribution in [2.75, 3.05) is 6.54 Å². The van der Waals surface area contributed by atoms with Gasteiger partial charge in [-0.1, -0.05) is 103 Å². The molecule has 0 fully saturated rings. The van der Waals surface area contributed by atoms with Crippen molar-refractivity contribution >= 4 is 5.91 Å². The van der Waals surface area contributed by atoms with E-state index in [0.29, 0.717) is 6.42 Å². The normalized spacial score (nSPS) is 12.4. The Morgan fingerprint density at radius 1 is 0.607 bits per heavy atom. The molecule has 0 unspecified atom stereocenters. The van der Waals surface area contributed by atoms with Gasteiger partial charge in [0.15, 0.2) is 0 Å². The predicted octanol–water partition coefficient (Wildman–Crippen LogP) is 7.56. The molecule has 7 heteroatoms. The van der Waals surface area contributed by atoms with Gasteiger partial charge in [-0.25, -0.2) is 0 Å². The molecule has 28 heavy (non-hydrogen) atoms. The zero-order valence-corrected chi connectivity index (χ0v) is 17.3. The Labute approximate surface area is 167 Å². The molecule has 0 heterocycles. The number of carbonyl (C=O) groups is 1. The molecule has 0 rings (SSSR count). The van der Waals surface area contributed by atoms with Crippen LogP contribution in [0.3, 0.4) is 0 Å². The molecule has 0 bridgehead atoms. The maximum absolute atomic E-state index is 12.7. The first-order valence-corrected chi connectivity index (χ1v) is 11.0. The van der Waals surface area contributed by atoms with Crippen molar-refractivity contribution in [3.63, 3.8) is 0 Å². The fraction of sp³-hybridized carbons (Fsp3) is 0.952. The first-order chi connectivity index (χ1) is 13.2. The molecule has 1 N–H and O–H groups in total. The largest absolute Gasteiger partial charge is 0.463 e. The minimum Gasteiger partial charge on any atom is -0.351 e. The highest BCUT2D eigenvalue weighted by molar-refractivity contribution is 5.84. The fourth-order valence-corrected chi connectivity index (χ4v) is 3.11. The van der Waals surface area contributed by atoms with E-state index in [2.05, 4.69) is 6.92 Å². The molecular weight excluding hydrogens is 377 g/mol. The number of nitrogens with one attached hydrogen (secondary N) is 1. The number of halogens is 5. The highest BCUT2D eigenvalue weighted by Crippen LogP contribution is 2.35. The van der Waals surface area contributed by atoms with E-state index >= 15 is 0 Å². The smallest absolute Gasteiger partial charge is 0.351 e. The first kappa shape index (κ1) is 27.1. The second-order valence-electron chi connectivity index (χ2n) is 7.63. The molecule has 0 radical (unpaired) electrons. The van der Waals surface area contributed by atoms with Crippen LogP contribution in [-0.4, -0.2) is 24.6 Å². The maximum Gasteiger partial charge on any atom is 0.463 e. The average molecular weight is 416 g/mol. The second kappa shape index (κ2) is 16.0. The summed E-state index contributed by atoms with van der Waals surface area (Å²) in [4.78, 5) is 10.9. The van der Waals surface area contributed by atoms with E-state index in [-0.39, 0.29) is 6.54 Å². The molecule has 0 aromatic carbocycles. The van der Waals surface area contributed by atoms with Crippen LogP contribution in [0, 0.1) is 0 Å². The number of rotatable bonds is 18. The Hall–Kier alpha value is -0.880. The van der Waals surface area contributed by atoms with E-state index in [0.717, 1.165) is 25.7 Å². The minimum atomic E-state index is -5.84. The molecule has 168 valence electrons. The molecule has 0 aliphatic heterocycles. The summed E-state index contributed by atoms with van der Waals surface area (Å²) in [5.41, 5.74) is 0. The third kappa shape index (κ3) is 13.3. The van der Waals surface area contributed by atoms with Crippen molar-refractivity contribution in [1.29, 1.82) is 0 Å². The Balaban J connectivity index is 3.33. The van der Waals surface area contributed by atoms with Crippen LogP contribution in [0.25, 0.3) is 0 Å². The van der Waals surface area contributed by atoms with Crippen LogP contribution in [0.1, 0.15) is 110 Å². The number of amides is 1. The molecule has 0 saturated carbocycles. The highest BCUT2D eigenvalue weighted by Gasteiger charge is 2.63. The van der Waals surface area contributed by atoms with E-state index < -0.39 is 18.0 Å². The molecule has 2 nitrogen and oxygen atoms in total. The first-order valence-electron chi connectivity index (χ1n) is 11.0. The van der Waals surface area contributed by atoms with E-state index in [1.807, 2.05) is 0 Å². The van der Waals surface area contributed by atoms with Gasteiger partial charge in [0.1, 0.15) is 0 Å². The highest BCUT2D eigenvalue weighted by atomic mass is 19.4.